The first-order chi connectivity index (χ1) is 10.3. The van der Waals surface area contributed by atoms with Gasteiger partial charge in [-0.25, -0.2) is 15.0 Å². The molecule has 0 unspecified atom stereocenters. The SMILES string of the molecule is CCOc1sc(Nc2nccc(C)n2)nc1-c1cn[nH]c1. The molecular weight excluding hydrogens is 288 g/mol. The van der Waals surface area contributed by atoms with E-state index in [0.717, 1.165) is 22.0 Å². The van der Waals surface area contributed by atoms with E-state index in [1.165, 1.54) is 11.3 Å². The third kappa shape index (κ3) is 3.00. The van der Waals surface area contributed by atoms with Gasteiger partial charge < -0.3 is 4.74 Å². The molecule has 0 aliphatic heterocycles. The van der Waals surface area contributed by atoms with Crippen LogP contribution in [-0.4, -0.2) is 31.8 Å². The number of hydrogen-bond donors (Lipinski definition) is 2. The first-order valence-electron chi connectivity index (χ1n) is 6.45. The van der Waals surface area contributed by atoms with Gasteiger partial charge in [0.25, 0.3) is 0 Å². The third-order valence-electron chi connectivity index (χ3n) is 2.66. The number of nitrogens with zero attached hydrogens (tertiary/aromatic N) is 4. The number of hydrogen-bond acceptors (Lipinski definition) is 7. The molecule has 0 atom stereocenters. The smallest absolute Gasteiger partial charge is 0.229 e. The largest absolute Gasteiger partial charge is 0.483 e. The number of aromatic nitrogens is 5. The summed E-state index contributed by atoms with van der Waals surface area (Å²) in [6, 6.07) is 1.84. The minimum atomic E-state index is 0.519. The minimum absolute atomic E-state index is 0.519. The lowest BCUT2D eigenvalue weighted by Crippen LogP contribution is -1.97. The highest BCUT2D eigenvalue weighted by Crippen LogP contribution is 2.38. The van der Waals surface area contributed by atoms with Crippen molar-refractivity contribution in [3.63, 3.8) is 0 Å². The van der Waals surface area contributed by atoms with E-state index in [-0.39, 0.29) is 0 Å². The molecule has 3 aromatic heterocycles. The van der Waals surface area contributed by atoms with Crippen molar-refractivity contribution in [2.24, 2.45) is 0 Å². The van der Waals surface area contributed by atoms with E-state index in [1.807, 2.05) is 19.9 Å². The Bertz CT molecular complexity index is 724. The van der Waals surface area contributed by atoms with Crippen LogP contribution in [0.15, 0.2) is 24.7 Å². The molecule has 21 heavy (non-hydrogen) atoms. The zero-order valence-electron chi connectivity index (χ0n) is 11.6. The van der Waals surface area contributed by atoms with Crippen LogP contribution in [0.5, 0.6) is 5.06 Å². The Balaban J connectivity index is 1.91. The van der Waals surface area contributed by atoms with Crippen LogP contribution in [0.3, 0.4) is 0 Å². The monoisotopic (exact) mass is 302 g/mol. The van der Waals surface area contributed by atoms with Crippen molar-refractivity contribution >= 4 is 22.4 Å². The van der Waals surface area contributed by atoms with E-state index in [9.17, 15) is 0 Å². The molecule has 0 aliphatic carbocycles. The summed E-state index contributed by atoms with van der Waals surface area (Å²) in [5.41, 5.74) is 2.53. The second-order valence-corrected chi connectivity index (χ2v) is 5.18. The number of anilines is 2. The van der Waals surface area contributed by atoms with Crippen LogP contribution in [0.4, 0.5) is 11.1 Å². The second-order valence-electron chi connectivity index (χ2n) is 4.22. The zero-order valence-corrected chi connectivity index (χ0v) is 12.4. The van der Waals surface area contributed by atoms with Crippen molar-refractivity contribution in [3.05, 3.63) is 30.4 Å². The Morgan fingerprint density at radius 2 is 2.29 bits per heavy atom. The van der Waals surface area contributed by atoms with Crippen molar-refractivity contribution < 1.29 is 4.74 Å². The highest BCUT2D eigenvalue weighted by atomic mass is 32.1. The van der Waals surface area contributed by atoms with Crippen LogP contribution in [0, 0.1) is 6.92 Å². The maximum atomic E-state index is 5.64. The number of aryl methyl sites for hydroxylation is 1. The summed E-state index contributed by atoms with van der Waals surface area (Å²) in [7, 11) is 0. The molecule has 3 aromatic rings. The average Bonchev–Trinajstić information content (AvgIpc) is 3.09. The molecule has 0 aromatic carbocycles. The Labute approximate surface area is 125 Å². The minimum Gasteiger partial charge on any atom is -0.483 e. The topological polar surface area (TPSA) is 88.6 Å². The Morgan fingerprint density at radius 3 is 3.00 bits per heavy atom. The molecule has 2 N–H and O–H groups in total. The van der Waals surface area contributed by atoms with Gasteiger partial charge in [0.15, 0.2) is 5.13 Å². The molecule has 0 saturated carbocycles. The van der Waals surface area contributed by atoms with Gasteiger partial charge in [-0.1, -0.05) is 11.3 Å². The van der Waals surface area contributed by atoms with Gasteiger partial charge >= 0.3 is 0 Å². The van der Waals surface area contributed by atoms with Gasteiger partial charge in [0.1, 0.15) is 5.69 Å². The van der Waals surface area contributed by atoms with Crippen molar-refractivity contribution in [2.75, 3.05) is 11.9 Å². The molecule has 0 amide bonds. The van der Waals surface area contributed by atoms with Gasteiger partial charge in [-0.15, -0.1) is 0 Å². The van der Waals surface area contributed by atoms with Crippen molar-refractivity contribution in [1.82, 2.24) is 25.1 Å². The molecule has 3 rings (SSSR count). The summed E-state index contributed by atoms with van der Waals surface area (Å²) in [4.78, 5) is 13.0. The fraction of sp³-hybridized carbons (Fsp3) is 0.231. The predicted molar refractivity (Wildman–Crippen MR) is 80.9 cm³/mol. The van der Waals surface area contributed by atoms with Crippen LogP contribution in [0.1, 0.15) is 12.6 Å². The zero-order chi connectivity index (χ0) is 14.7. The summed E-state index contributed by atoms with van der Waals surface area (Å²) >= 11 is 1.42. The van der Waals surface area contributed by atoms with E-state index >= 15 is 0 Å². The lowest BCUT2D eigenvalue weighted by Gasteiger charge is -2.00. The van der Waals surface area contributed by atoms with Gasteiger partial charge in [-0.2, -0.15) is 5.10 Å². The first kappa shape index (κ1) is 13.5. The fourth-order valence-corrected chi connectivity index (χ4v) is 2.65. The second kappa shape index (κ2) is 5.88. The van der Waals surface area contributed by atoms with Gasteiger partial charge in [0, 0.05) is 23.7 Å². The number of aromatic amines is 1. The number of ether oxygens (including phenoxy) is 1. The lowest BCUT2D eigenvalue weighted by molar-refractivity contribution is 0.351. The fourth-order valence-electron chi connectivity index (χ4n) is 1.76. The van der Waals surface area contributed by atoms with Crippen molar-refractivity contribution in [2.45, 2.75) is 13.8 Å². The van der Waals surface area contributed by atoms with Crippen LogP contribution >= 0.6 is 11.3 Å². The normalized spacial score (nSPS) is 10.6. The van der Waals surface area contributed by atoms with Crippen molar-refractivity contribution in [1.29, 1.82) is 0 Å². The Kier molecular flexibility index (Phi) is 3.78. The van der Waals surface area contributed by atoms with E-state index in [1.54, 1.807) is 18.6 Å². The first-order valence-corrected chi connectivity index (χ1v) is 7.27. The van der Waals surface area contributed by atoms with Gasteiger partial charge in [-0.3, -0.25) is 10.4 Å². The summed E-state index contributed by atoms with van der Waals surface area (Å²) in [5, 5.41) is 11.2. The maximum absolute atomic E-state index is 5.64. The van der Waals surface area contributed by atoms with E-state index in [2.05, 4.69) is 30.5 Å². The van der Waals surface area contributed by atoms with Crippen molar-refractivity contribution in [3.8, 4) is 16.3 Å². The Morgan fingerprint density at radius 1 is 1.38 bits per heavy atom. The van der Waals surface area contributed by atoms with Crippen LogP contribution < -0.4 is 10.1 Å². The molecule has 0 aliphatic rings. The number of nitrogens with one attached hydrogen (secondary N) is 2. The predicted octanol–water partition coefficient (Wildman–Crippen LogP) is 2.77. The van der Waals surface area contributed by atoms with Gasteiger partial charge in [-0.05, 0) is 19.9 Å². The highest BCUT2D eigenvalue weighted by Gasteiger charge is 2.15. The summed E-state index contributed by atoms with van der Waals surface area (Å²) in [6.07, 6.45) is 5.20. The molecule has 108 valence electrons. The molecular formula is C13H14N6OS. The van der Waals surface area contributed by atoms with Crippen LogP contribution in [0.25, 0.3) is 11.3 Å². The summed E-state index contributed by atoms with van der Waals surface area (Å²) < 4.78 is 5.64. The van der Waals surface area contributed by atoms with E-state index in [0.29, 0.717) is 17.7 Å². The van der Waals surface area contributed by atoms with E-state index < -0.39 is 0 Å². The average molecular weight is 302 g/mol. The molecule has 0 bridgehead atoms. The third-order valence-corrected chi connectivity index (χ3v) is 3.54. The molecule has 7 nitrogen and oxygen atoms in total. The maximum Gasteiger partial charge on any atom is 0.229 e. The molecule has 8 heteroatoms. The lowest BCUT2D eigenvalue weighted by atomic mass is 10.3. The standard InChI is InChI=1S/C13H14N6OS/c1-3-20-11-10(9-6-15-16-7-9)18-13(21-11)19-12-14-5-4-8(2)17-12/h4-7H,3H2,1-2H3,(H,15,16)(H,14,17,18,19). The van der Waals surface area contributed by atoms with Gasteiger partial charge in [0.2, 0.25) is 11.0 Å². The highest BCUT2D eigenvalue weighted by molar-refractivity contribution is 7.17. The van der Waals surface area contributed by atoms with Crippen LogP contribution in [0.2, 0.25) is 0 Å². The van der Waals surface area contributed by atoms with Gasteiger partial charge in [0.05, 0.1) is 12.8 Å². The summed E-state index contributed by atoms with van der Waals surface area (Å²) in [6.45, 7) is 4.43. The molecule has 0 fully saturated rings. The number of thiazole rings is 1. The quantitative estimate of drug-likeness (QED) is 0.753. The number of H-pyrrole nitrogens is 1. The summed E-state index contributed by atoms with van der Waals surface area (Å²) in [5.74, 6) is 0.519. The molecule has 0 radical (unpaired) electrons. The van der Waals surface area contributed by atoms with E-state index in [4.69, 9.17) is 4.74 Å². The molecule has 0 saturated heterocycles. The molecule has 3 heterocycles. The number of rotatable bonds is 5. The molecule has 0 spiro atoms. The van der Waals surface area contributed by atoms with Crippen LogP contribution in [-0.2, 0) is 0 Å². The Hall–Kier alpha value is -2.48.